The molecule has 1 N–H and O–H groups in total. The van der Waals surface area contributed by atoms with Gasteiger partial charge in [-0.2, -0.15) is 0 Å². The monoisotopic (exact) mass is 348 g/mol. The Balaban J connectivity index is 0.000000774. The van der Waals surface area contributed by atoms with Crippen LogP contribution in [0.1, 0.15) is 18.9 Å². The van der Waals surface area contributed by atoms with Crippen LogP contribution in [0.4, 0.5) is 0 Å². The highest BCUT2D eigenvalue weighted by molar-refractivity contribution is 9.08. The highest BCUT2D eigenvalue weighted by Crippen LogP contribution is 2.43. The summed E-state index contributed by atoms with van der Waals surface area (Å²) in [6, 6.07) is 7.67. The number of hydrogen-bond donors (Lipinski definition) is 1. The normalized spacial score (nSPS) is 21.7. The van der Waals surface area contributed by atoms with Gasteiger partial charge in [-0.3, -0.25) is 4.79 Å². The molecule has 21 heavy (non-hydrogen) atoms. The van der Waals surface area contributed by atoms with E-state index in [9.17, 15) is 9.90 Å². The summed E-state index contributed by atoms with van der Waals surface area (Å²) >= 11 is 2.94. The Morgan fingerprint density at radius 3 is 2.71 bits per heavy atom. The summed E-state index contributed by atoms with van der Waals surface area (Å²) in [5, 5.41) is 9.48. The number of carboxylic acid groups (broad SMARTS) is 1. The third-order valence-corrected chi connectivity index (χ3v) is 3.75. The van der Waals surface area contributed by atoms with Gasteiger partial charge in [0.05, 0.1) is 6.26 Å². The summed E-state index contributed by atoms with van der Waals surface area (Å²) < 4.78 is 5.55. The standard InChI is InChI=1S/C16H14O3.CH3Br/c1-2-16(15(17)18)8-7-11-10-19-14-6-4-3-5-12(14)13(11)9-16;1-2/h3-10H,2H2,1H3,(H,17,18);1H3. The van der Waals surface area contributed by atoms with E-state index in [1.54, 1.807) is 12.3 Å². The summed E-state index contributed by atoms with van der Waals surface area (Å²) in [6.45, 7) is 1.88. The summed E-state index contributed by atoms with van der Waals surface area (Å²) in [6.07, 6.45) is 7.61. The molecule has 1 aromatic carbocycles. The van der Waals surface area contributed by atoms with Crippen LogP contribution in [0.15, 0.2) is 54.3 Å². The molecule has 1 aromatic rings. The lowest BCUT2D eigenvalue weighted by molar-refractivity contribution is -0.143. The van der Waals surface area contributed by atoms with Crippen LogP contribution in [0.2, 0.25) is 0 Å². The largest absolute Gasteiger partial charge is 0.480 e. The van der Waals surface area contributed by atoms with Gasteiger partial charge in [0, 0.05) is 11.1 Å². The van der Waals surface area contributed by atoms with Gasteiger partial charge in [0.1, 0.15) is 11.2 Å². The highest BCUT2D eigenvalue weighted by Gasteiger charge is 2.36. The van der Waals surface area contributed by atoms with Crippen LogP contribution < -0.4 is 4.74 Å². The van der Waals surface area contributed by atoms with Crippen molar-refractivity contribution in [2.45, 2.75) is 13.3 Å². The van der Waals surface area contributed by atoms with Crippen LogP contribution in [0.5, 0.6) is 5.75 Å². The van der Waals surface area contributed by atoms with Gasteiger partial charge in [-0.1, -0.05) is 59.3 Å². The van der Waals surface area contributed by atoms with Crippen molar-refractivity contribution < 1.29 is 14.6 Å². The van der Waals surface area contributed by atoms with Crippen molar-refractivity contribution in [1.29, 1.82) is 0 Å². The third-order valence-electron chi connectivity index (χ3n) is 3.75. The molecule has 0 saturated carbocycles. The van der Waals surface area contributed by atoms with Gasteiger partial charge in [-0.25, -0.2) is 0 Å². The number of hydrogen-bond acceptors (Lipinski definition) is 2. The second-order valence-electron chi connectivity index (χ2n) is 4.78. The number of benzene rings is 1. The average Bonchev–Trinajstić information content (AvgIpc) is 2.55. The van der Waals surface area contributed by atoms with Gasteiger partial charge in [0.15, 0.2) is 0 Å². The average molecular weight is 349 g/mol. The molecule has 1 unspecified atom stereocenters. The molecule has 1 heterocycles. The van der Waals surface area contributed by atoms with Crippen molar-refractivity contribution in [2.75, 3.05) is 5.83 Å². The molecule has 0 spiro atoms. The molecule has 4 heteroatoms. The fraction of sp³-hybridized carbons (Fsp3) is 0.235. The van der Waals surface area contributed by atoms with Gasteiger partial charge in [-0.15, -0.1) is 0 Å². The summed E-state index contributed by atoms with van der Waals surface area (Å²) in [5.74, 6) is 1.76. The van der Waals surface area contributed by atoms with Crippen molar-refractivity contribution in [3.63, 3.8) is 0 Å². The number of fused-ring (bicyclic) bond motifs is 3. The van der Waals surface area contributed by atoms with Crippen LogP contribution in [0, 0.1) is 5.41 Å². The lowest BCUT2D eigenvalue weighted by Gasteiger charge is -2.29. The Bertz CT molecular complexity index is 643. The van der Waals surface area contributed by atoms with Crippen LogP contribution >= 0.6 is 15.9 Å². The minimum atomic E-state index is -0.920. The number of carbonyl (C=O) groups is 1. The maximum atomic E-state index is 11.5. The molecule has 2 aliphatic rings. The quantitative estimate of drug-likeness (QED) is 0.805. The molecular formula is C17H17BrO3. The molecule has 3 nitrogen and oxygen atoms in total. The van der Waals surface area contributed by atoms with Crippen molar-refractivity contribution in [3.05, 3.63) is 59.9 Å². The van der Waals surface area contributed by atoms with Gasteiger partial charge >= 0.3 is 5.97 Å². The molecule has 0 aromatic heterocycles. The zero-order chi connectivity index (χ0) is 15.5. The van der Waals surface area contributed by atoms with Gasteiger partial charge in [0.25, 0.3) is 0 Å². The number of ether oxygens (including phenoxy) is 1. The summed E-state index contributed by atoms with van der Waals surface area (Å²) in [5.41, 5.74) is 1.89. The minimum Gasteiger partial charge on any atom is -0.480 e. The second-order valence-corrected chi connectivity index (χ2v) is 4.78. The zero-order valence-corrected chi connectivity index (χ0v) is 13.6. The highest BCUT2D eigenvalue weighted by atomic mass is 79.9. The number of allylic oxidation sites excluding steroid dienone is 3. The number of para-hydroxylation sites is 1. The van der Waals surface area contributed by atoms with E-state index in [4.69, 9.17) is 4.74 Å². The van der Waals surface area contributed by atoms with E-state index in [2.05, 4.69) is 15.9 Å². The Hall–Kier alpha value is -1.81. The lowest BCUT2D eigenvalue weighted by Crippen LogP contribution is -2.28. The zero-order valence-electron chi connectivity index (χ0n) is 12.0. The van der Waals surface area contributed by atoms with Crippen molar-refractivity contribution in [2.24, 2.45) is 5.41 Å². The number of halogens is 1. The van der Waals surface area contributed by atoms with E-state index >= 15 is 0 Å². The van der Waals surface area contributed by atoms with E-state index in [-0.39, 0.29) is 0 Å². The molecule has 1 aliphatic heterocycles. The molecule has 0 radical (unpaired) electrons. The number of aliphatic carboxylic acids is 1. The van der Waals surface area contributed by atoms with Crippen molar-refractivity contribution >= 4 is 27.5 Å². The molecular weight excluding hydrogens is 332 g/mol. The van der Waals surface area contributed by atoms with Crippen molar-refractivity contribution in [3.8, 4) is 5.75 Å². The molecule has 0 amide bonds. The van der Waals surface area contributed by atoms with Gasteiger partial charge in [-0.05, 0) is 23.9 Å². The lowest BCUT2D eigenvalue weighted by atomic mass is 9.76. The molecule has 110 valence electrons. The van der Waals surface area contributed by atoms with Crippen LogP contribution in [0.3, 0.4) is 0 Å². The van der Waals surface area contributed by atoms with Gasteiger partial charge < -0.3 is 9.84 Å². The Morgan fingerprint density at radius 1 is 1.33 bits per heavy atom. The SMILES string of the molecule is CBr.CCC1(C(=O)O)C=CC2=COc3ccccc3C2=C1. The molecule has 1 aliphatic carbocycles. The van der Waals surface area contributed by atoms with Crippen molar-refractivity contribution in [1.82, 2.24) is 0 Å². The van der Waals surface area contributed by atoms with Crippen LogP contribution in [0.25, 0.3) is 5.57 Å². The van der Waals surface area contributed by atoms with E-state index in [0.717, 1.165) is 22.5 Å². The fourth-order valence-electron chi connectivity index (χ4n) is 2.48. The first kappa shape index (κ1) is 15.6. The molecule has 3 rings (SSSR count). The maximum Gasteiger partial charge on any atom is 0.317 e. The van der Waals surface area contributed by atoms with Crippen LogP contribution in [-0.2, 0) is 4.79 Å². The number of alkyl halides is 1. The van der Waals surface area contributed by atoms with E-state index < -0.39 is 11.4 Å². The molecule has 0 fully saturated rings. The van der Waals surface area contributed by atoms with E-state index in [1.165, 1.54) is 0 Å². The first-order chi connectivity index (χ1) is 10.2. The van der Waals surface area contributed by atoms with Crippen LogP contribution in [-0.4, -0.2) is 16.9 Å². The summed E-state index contributed by atoms with van der Waals surface area (Å²) in [4.78, 5) is 11.5. The van der Waals surface area contributed by atoms with E-state index in [0.29, 0.717) is 6.42 Å². The van der Waals surface area contributed by atoms with Gasteiger partial charge in [0.2, 0.25) is 0 Å². The third kappa shape index (κ3) is 2.68. The fourth-order valence-corrected chi connectivity index (χ4v) is 2.48. The maximum absolute atomic E-state index is 11.5. The molecule has 1 atom stereocenters. The Kier molecular flexibility index (Phi) is 4.68. The summed E-state index contributed by atoms with van der Waals surface area (Å²) in [7, 11) is 0. The Morgan fingerprint density at radius 2 is 2.05 bits per heavy atom. The molecule has 0 bridgehead atoms. The predicted octanol–water partition coefficient (Wildman–Crippen LogP) is 4.41. The topological polar surface area (TPSA) is 46.5 Å². The number of carboxylic acids is 1. The number of rotatable bonds is 2. The second kappa shape index (κ2) is 6.31. The first-order valence-electron chi connectivity index (χ1n) is 6.66. The van der Waals surface area contributed by atoms with E-state index in [1.807, 2.05) is 49.2 Å². The molecule has 0 saturated heterocycles. The Labute approximate surface area is 132 Å². The smallest absolute Gasteiger partial charge is 0.317 e. The first-order valence-corrected chi connectivity index (χ1v) is 8.25. The predicted molar refractivity (Wildman–Crippen MR) is 87.5 cm³/mol. The minimum absolute atomic E-state index is 0.526.